The predicted molar refractivity (Wildman–Crippen MR) is 58.9 cm³/mol. The molecular formula is C12H17NO2. The highest BCUT2D eigenvalue weighted by Gasteiger charge is 2.13. The van der Waals surface area contributed by atoms with Crippen LogP contribution in [0, 0.1) is 0 Å². The molecule has 0 bridgehead atoms. The standard InChI is InChI=1S/C12H17NO2/c14-9-10-1-3-11(4-2-10)15-12-5-7-13-8-6-12/h1-4,12-14H,5-9H2. The Labute approximate surface area is 90.1 Å². The van der Waals surface area contributed by atoms with Crippen LogP contribution in [0.5, 0.6) is 5.75 Å². The van der Waals surface area contributed by atoms with Crippen LogP contribution in [0.25, 0.3) is 0 Å². The minimum absolute atomic E-state index is 0.0909. The first kappa shape index (κ1) is 10.5. The van der Waals surface area contributed by atoms with Crippen LogP contribution in [-0.4, -0.2) is 24.3 Å². The molecule has 15 heavy (non-hydrogen) atoms. The molecule has 82 valence electrons. The SMILES string of the molecule is OCc1ccc(OC2CCNCC2)cc1. The molecule has 0 saturated carbocycles. The second-order valence-corrected chi connectivity index (χ2v) is 3.87. The average Bonchev–Trinajstić information content (AvgIpc) is 2.31. The summed E-state index contributed by atoms with van der Waals surface area (Å²) in [6, 6.07) is 7.65. The highest BCUT2D eigenvalue weighted by molar-refractivity contribution is 5.27. The summed E-state index contributed by atoms with van der Waals surface area (Å²) in [5.41, 5.74) is 0.924. The van der Waals surface area contributed by atoms with Gasteiger partial charge in [-0.2, -0.15) is 0 Å². The molecule has 1 aromatic carbocycles. The van der Waals surface area contributed by atoms with Crippen molar-refractivity contribution in [1.29, 1.82) is 0 Å². The van der Waals surface area contributed by atoms with Gasteiger partial charge < -0.3 is 15.2 Å². The quantitative estimate of drug-likeness (QED) is 0.785. The van der Waals surface area contributed by atoms with Crippen LogP contribution in [0.1, 0.15) is 18.4 Å². The summed E-state index contributed by atoms with van der Waals surface area (Å²) in [6.45, 7) is 2.17. The zero-order chi connectivity index (χ0) is 10.5. The molecule has 0 radical (unpaired) electrons. The summed E-state index contributed by atoms with van der Waals surface area (Å²) in [6.07, 6.45) is 2.48. The molecule has 3 heteroatoms. The third kappa shape index (κ3) is 2.94. The van der Waals surface area contributed by atoms with Crippen LogP contribution >= 0.6 is 0 Å². The van der Waals surface area contributed by atoms with E-state index in [2.05, 4.69) is 5.32 Å². The van der Waals surface area contributed by atoms with E-state index in [-0.39, 0.29) is 6.61 Å². The van der Waals surface area contributed by atoms with Crippen molar-refractivity contribution >= 4 is 0 Å². The molecule has 0 amide bonds. The van der Waals surface area contributed by atoms with E-state index >= 15 is 0 Å². The van der Waals surface area contributed by atoms with E-state index in [1.807, 2.05) is 24.3 Å². The van der Waals surface area contributed by atoms with Crippen molar-refractivity contribution < 1.29 is 9.84 Å². The molecule has 2 N–H and O–H groups in total. The topological polar surface area (TPSA) is 41.5 Å². The maximum absolute atomic E-state index is 8.90. The lowest BCUT2D eigenvalue weighted by molar-refractivity contribution is 0.162. The number of benzene rings is 1. The van der Waals surface area contributed by atoms with Crippen LogP contribution in [0.4, 0.5) is 0 Å². The van der Waals surface area contributed by atoms with Crippen molar-refractivity contribution in [2.24, 2.45) is 0 Å². The van der Waals surface area contributed by atoms with Gasteiger partial charge in [0.25, 0.3) is 0 Å². The minimum atomic E-state index is 0.0909. The third-order valence-corrected chi connectivity index (χ3v) is 2.69. The number of hydrogen-bond donors (Lipinski definition) is 2. The van der Waals surface area contributed by atoms with Gasteiger partial charge in [-0.05, 0) is 43.6 Å². The summed E-state index contributed by atoms with van der Waals surface area (Å²) in [5.74, 6) is 0.902. The number of rotatable bonds is 3. The van der Waals surface area contributed by atoms with Gasteiger partial charge in [0.05, 0.1) is 6.61 Å². The number of aliphatic hydroxyl groups excluding tert-OH is 1. The van der Waals surface area contributed by atoms with Crippen LogP contribution in [0.2, 0.25) is 0 Å². The van der Waals surface area contributed by atoms with Crippen molar-refractivity contribution in [3.8, 4) is 5.75 Å². The minimum Gasteiger partial charge on any atom is -0.490 e. The number of piperidine rings is 1. The van der Waals surface area contributed by atoms with E-state index in [4.69, 9.17) is 9.84 Å². The summed E-state index contributed by atoms with van der Waals surface area (Å²) in [4.78, 5) is 0. The Morgan fingerprint density at radius 2 is 1.87 bits per heavy atom. The second kappa shape index (κ2) is 5.14. The molecule has 1 aromatic rings. The molecule has 2 rings (SSSR count). The molecule has 3 nitrogen and oxygen atoms in total. The maximum atomic E-state index is 8.90. The van der Waals surface area contributed by atoms with Crippen molar-refractivity contribution in [2.75, 3.05) is 13.1 Å². The van der Waals surface area contributed by atoms with E-state index in [0.29, 0.717) is 6.10 Å². The fourth-order valence-corrected chi connectivity index (χ4v) is 1.78. The first-order chi connectivity index (χ1) is 7.38. The molecule has 1 aliphatic heterocycles. The molecule has 0 atom stereocenters. The van der Waals surface area contributed by atoms with Crippen LogP contribution in [0.3, 0.4) is 0 Å². The third-order valence-electron chi connectivity index (χ3n) is 2.69. The Hall–Kier alpha value is -1.06. The van der Waals surface area contributed by atoms with E-state index < -0.39 is 0 Å². The Kier molecular flexibility index (Phi) is 3.59. The lowest BCUT2D eigenvalue weighted by Gasteiger charge is -2.23. The Balaban J connectivity index is 1.91. The smallest absolute Gasteiger partial charge is 0.119 e. The van der Waals surface area contributed by atoms with Gasteiger partial charge in [0.2, 0.25) is 0 Å². The fraction of sp³-hybridized carbons (Fsp3) is 0.500. The molecule has 0 spiro atoms. The highest BCUT2D eigenvalue weighted by atomic mass is 16.5. The summed E-state index contributed by atoms with van der Waals surface area (Å²) in [7, 11) is 0. The van der Waals surface area contributed by atoms with Gasteiger partial charge in [0, 0.05) is 0 Å². The highest BCUT2D eigenvalue weighted by Crippen LogP contribution is 2.17. The van der Waals surface area contributed by atoms with Gasteiger partial charge in [0.1, 0.15) is 11.9 Å². The number of aliphatic hydroxyl groups is 1. The van der Waals surface area contributed by atoms with Crippen molar-refractivity contribution in [3.05, 3.63) is 29.8 Å². The van der Waals surface area contributed by atoms with Crippen LogP contribution < -0.4 is 10.1 Å². The summed E-state index contributed by atoms with van der Waals surface area (Å²) >= 11 is 0. The van der Waals surface area contributed by atoms with Gasteiger partial charge in [0.15, 0.2) is 0 Å². The fourth-order valence-electron chi connectivity index (χ4n) is 1.78. The summed E-state index contributed by atoms with van der Waals surface area (Å²) < 4.78 is 5.83. The van der Waals surface area contributed by atoms with Gasteiger partial charge in [-0.15, -0.1) is 0 Å². The molecule has 0 aliphatic carbocycles. The van der Waals surface area contributed by atoms with Gasteiger partial charge in [-0.25, -0.2) is 0 Å². The first-order valence-electron chi connectivity index (χ1n) is 5.45. The Bertz CT molecular complexity index is 291. The van der Waals surface area contributed by atoms with Crippen molar-refractivity contribution in [3.63, 3.8) is 0 Å². The van der Waals surface area contributed by atoms with Gasteiger partial charge in [-0.3, -0.25) is 0 Å². The number of hydrogen-bond acceptors (Lipinski definition) is 3. The van der Waals surface area contributed by atoms with Crippen LogP contribution in [0.15, 0.2) is 24.3 Å². The molecule has 1 fully saturated rings. The summed E-state index contributed by atoms with van der Waals surface area (Å²) in [5, 5.41) is 12.2. The van der Waals surface area contributed by atoms with E-state index in [9.17, 15) is 0 Å². The number of nitrogens with one attached hydrogen (secondary N) is 1. The van der Waals surface area contributed by atoms with E-state index in [1.54, 1.807) is 0 Å². The first-order valence-corrected chi connectivity index (χ1v) is 5.45. The second-order valence-electron chi connectivity index (χ2n) is 3.87. The van der Waals surface area contributed by atoms with Gasteiger partial charge in [-0.1, -0.05) is 12.1 Å². The average molecular weight is 207 g/mol. The van der Waals surface area contributed by atoms with Gasteiger partial charge >= 0.3 is 0 Å². The van der Waals surface area contributed by atoms with E-state index in [0.717, 1.165) is 37.2 Å². The molecule has 0 aromatic heterocycles. The zero-order valence-electron chi connectivity index (χ0n) is 8.78. The Morgan fingerprint density at radius 1 is 1.20 bits per heavy atom. The normalized spacial score (nSPS) is 17.7. The molecule has 1 saturated heterocycles. The van der Waals surface area contributed by atoms with Crippen molar-refractivity contribution in [1.82, 2.24) is 5.32 Å². The number of ether oxygens (including phenoxy) is 1. The predicted octanol–water partition coefficient (Wildman–Crippen LogP) is 1.31. The lowest BCUT2D eigenvalue weighted by atomic mass is 10.1. The molecular weight excluding hydrogens is 190 g/mol. The maximum Gasteiger partial charge on any atom is 0.119 e. The van der Waals surface area contributed by atoms with E-state index in [1.165, 1.54) is 0 Å². The lowest BCUT2D eigenvalue weighted by Crippen LogP contribution is -2.34. The zero-order valence-corrected chi connectivity index (χ0v) is 8.78. The van der Waals surface area contributed by atoms with Crippen LogP contribution in [-0.2, 0) is 6.61 Å². The van der Waals surface area contributed by atoms with Crippen molar-refractivity contribution in [2.45, 2.75) is 25.6 Å². The molecule has 1 aliphatic rings. The largest absolute Gasteiger partial charge is 0.490 e. The molecule has 1 heterocycles. The Morgan fingerprint density at radius 3 is 2.47 bits per heavy atom. The monoisotopic (exact) mass is 207 g/mol. The molecule has 0 unspecified atom stereocenters.